The zero-order chi connectivity index (χ0) is 21.0. The van der Waals surface area contributed by atoms with E-state index in [-0.39, 0.29) is 12.1 Å². The van der Waals surface area contributed by atoms with E-state index in [4.69, 9.17) is 9.47 Å². The molecular weight excluding hydrogens is 394 g/mol. The quantitative estimate of drug-likeness (QED) is 0.691. The second-order valence-corrected chi connectivity index (χ2v) is 7.91. The van der Waals surface area contributed by atoms with Gasteiger partial charge in [0, 0.05) is 19.2 Å². The molecule has 1 heterocycles. The van der Waals surface area contributed by atoms with Crippen LogP contribution in [0.5, 0.6) is 0 Å². The molecule has 3 rings (SSSR count). The highest BCUT2D eigenvalue weighted by molar-refractivity contribution is 7.84. The lowest BCUT2D eigenvalue weighted by molar-refractivity contribution is -0.155. The molecule has 0 saturated carbocycles. The molecule has 8 heteroatoms. The predicted octanol–water partition coefficient (Wildman–Crippen LogP) is 1.71. The van der Waals surface area contributed by atoms with E-state index in [9.17, 15) is 18.6 Å². The molecule has 0 radical (unpaired) electrons. The summed E-state index contributed by atoms with van der Waals surface area (Å²) in [6.45, 7) is -0.304. The van der Waals surface area contributed by atoms with Crippen molar-refractivity contribution in [2.45, 2.75) is 23.9 Å². The van der Waals surface area contributed by atoms with Crippen LogP contribution in [0.2, 0.25) is 0 Å². The summed E-state index contributed by atoms with van der Waals surface area (Å²) in [5, 5.41) is 0. The lowest BCUT2D eigenvalue weighted by Gasteiger charge is -2.35. The van der Waals surface area contributed by atoms with Crippen molar-refractivity contribution in [3.63, 3.8) is 0 Å². The SMILES string of the molecule is COC(=O)[C@@H]1Cc2ccccc2CN1C(=O)COC(=O)c1ccccc1[S@](C)=O. The molecule has 0 aromatic heterocycles. The predicted molar refractivity (Wildman–Crippen MR) is 106 cm³/mol. The maximum absolute atomic E-state index is 12.8. The third-order valence-electron chi connectivity index (χ3n) is 4.79. The maximum atomic E-state index is 12.8. The van der Waals surface area contributed by atoms with E-state index < -0.39 is 41.3 Å². The Kier molecular flexibility index (Phi) is 6.43. The van der Waals surface area contributed by atoms with Crippen LogP contribution in [0, 0.1) is 0 Å². The normalized spacial score (nSPS) is 16.5. The first-order valence-corrected chi connectivity index (χ1v) is 10.5. The Bertz CT molecular complexity index is 973. The fourth-order valence-electron chi connectivity index (χ4n) is 3.31. The Morgan fingerprint density at radius 3 is 2.41 bits per heavy atom. The highest BCUT2D eigenvalue weighted by Gasteiger charge is 2.35. The third-order valence-corrected chi connectivity index (χ3v) is 5.76. The highest BCUT2D eigenvalue weighted by Crippen LogP contribution is 2.24. The Morgan fingerprint density at radius 1 is 1.07 bits per heavy atom. The summed E-state index contributed by atoms with van der Waals surface area (Å²) in [6.07, 6.45) is 1.80. The number of esters is 2. The Labute approximate surface area is 171 Å². The number of amides is 1. The molecule has 0 aliphatic carbocycles. The van der Waals surface area contributed by atoms with Gasteiger partial charge in [-0.1, -0.05) is 36.4 Å². The summed E-state index contributed by atoms with van der Waals surface area (Å²) in [5.74, 6) is -1.76. The number of fused-ring (bicyclic) bond motifs is 1. The number of hydrogen-bond donors (Lipinski definition) is 0. The van der Waals surface area contributed by atoms with Crippen LogP contribution < -0.4 is 0 Å². The summed E-state index contributed by atoms with van der Waals surface area (Å²) in [5.41, 5.74) is 2.05. The first kappa shape index (κ1) is 20.7. The van der Waals surface area contributed by atoms with Crippen molar-refractivity contribution in [1.29, 1.82) is 0 Å². The summed E-state index contributed by atoms with van der Waals surface area (Å²) < 4.78 is 21.8. The van der Waals surface area contributed by atoms with Crippen LogP contribution in [0.1, 0.15) is 21.5 Å². The van der Waals surface area contributed by atoms with Gasteiger partial charge in [0.2, 0.25) is 0 Å². The minimum absolute atomic E-state index is 0.148. The van der Waals surface area contributed by atoms with E-state index in [1.165, 1.54) is 24.3 Å². The van der Waals surface area contributed by atoms with Gasteiger partial charge in [0.05, 0.1) is 28.4 Å². The van der Waals surface area contributed by atoms with Crippen molar-refractivity contribution >= 4 is 28.6 Å². The first-order valence-electron chi connectivity index (χ1n) is 8.96. The van der Waals surface area contributed by atoms with Crippen LogP contribution in [0.15, 0.2) is 53.4 Å². The number of carbonyl (C=O) groups excluding carboxylic acids is 3. The Hall–Kier alpha value is -3.00. The topological polar surface area (TPSA) is 90.0 Å². The van der Waals surface area contributed by atoms with Gasteiger partial charge in [-0.05, 0) is 23.3 Å². The van der Waals surface area contributed by atoms with Crippen LogP contribution in [-0.4, -0.2) is 53.0 Å². The van der Waals surface area contributed by atoms with E-state index in [0.717, 1.165) is 11.1 Å². The van der Waals surface area contributed by atoms with E-state index >= 15 is 0 Å². The number of ether oxygens (including phenoxy) is 2. The van der Waals surface area contributed by atoms with Crippen molar-refractivity contribution in [3.05, 3.63) is 65.2 Å². The van der Waals surface area contributed by atoms with Crippen LogP contribution in [-0.2, 0) is 42.8 Å². The molecule has 1 aliphatic heterocycles. The molecule has 2 aromatic carbocycles. The van der Waals surface area contributed by atoms with Crippen molar-refractivity contribution in [2.24, 2.45) is 0 Å². The van der Waals surface area contributed by atoms with Gasteiger partial charge in [-0.2, -0.15) is 0 Å². The van der Waals surface area contributed by atoms with Gasteiger partial charge in [0.1, 0.15) is 6.04 Å². The van der Waals surface area contributed by atoms with Crippen LogP contribution in [0.25, 0.3) is 0 Å². The van der Waals surface area contributed by atoms with Crippen LogP contribution in [0.3, 0.4) is 0 Å². The monoisotopic (exact) mass is 415 g/mol. The number of benzene rings is 2. The number of nitrogens with zero attached hydrogens (tertiary/aromatic N) is 1. The molecule has 7 nitrogen and oxygen atoms in total. The molecule has 1 aliphatic rings. The standard InChI is InChI=1S/C21H21NO6S/c1-27-21(25)17-11-14-7-3-4-8-15(14)12-22(17)19(23)13-28-20(24)16-9-5-6-10-18(16)29(2)26/h3-10,17H,11-13H2,1-2H3/t17-,29-/m0/s1. The van der Waals surface area contributed by atoms with Crippen LogP contribution >= 0.6 is 0 Å². The van der Waals surface area contributed by atoms with Gasteiger partial charge in [-0.25, -0.2) is 9.59 Å². The maximum Gasteiger partial charge on any atom is 0.339 e. The summed E-state index contributed by atoms with van der Waals surface area (Å²) >= 11 is 0. The average molecular weight is 415 g/mol. The van der Waals surface area contributed by atoms with Gasteiger partial charge < -0.3 is 14.4 Å². The van der Waals surface area contributed by atoms with Crippen molar-refractivity contribution in [1.82, 2.24) is 4.90 Å². The molecule has 29 heavy (non-hydrogen) atoms. The second kappa shape index (κ2) is 9.00. The van der Waals surface area contributed by atoms with Gasteiger partial charge in [0.15, 0.2) is 6.61 Å². The molecule has 0 N–H and O–H groups in total. The van der Waals surface area contributed by atoms with Crippen LogP contribution in [0.4, 0.5) is 0 Å². The molecule has 1 amide bonds. The number of carbonyl (C=O) groups is 3. The first-order chi connectivity index (χ1) is 13.9. The molecular formula is C21H21NO6S. The third kappa shape index (κ3) is 4.54. The molecule has 152 valence electrons. The molecule has 0 spiro atoms. The molecule has 0 saturated heterocycles. The van der Waals surface area contributed by atoms with Gasteiger partial charge in [0.25, 0.3) is 5.91 Å². The number of methoxy groups -OCH3 is 1. The fraction of sp³-hybridized carbons (Fsp3) is 0.286. The highest BCUT2D eigenvalue weighted by atomic mass is 32.2. The number of hydrogen-bond acceptors (Lipinski definition) is 6. The van der Waals surface area contributed by atoms with Gasteiger partial charge in [-0.15, -0.1) is 0 Å². The zero-order valence-electron chi connectivity index (χ0n) is 16.1. The molecule has 0 bridgehead atoms. The molecule has 2 atom stereocenters. The largest absolute Gasteiger partial charge is 0.467 e. The Balaban J connectivity index is 1.74. The fourth-order valence-corrected chi connectivity index (χ4v) is 4.04. The lowest BCUT2D eigenvalue weighted by Crippen LogP contribution is -2.50. The summed E-state index contributed by atoms with van der Waals surface area (Å²) in [6, 6.07) is 13.1. The van der Waals surface area contributed by atoms with E-state index in [1.807, 2.05) is 24.3 Å². The second-order valence-electron chi connectivity index (χ2n) is 6.56. The Morgan fingerprint density at radius 2 is 1.72 bits per heavy atom. The van der Waals surface area contributed by atoms with Crippen molar-refractivity contribution < 1.29 is 28.1 Å². The average Bonchev–Trinajstić information content (AvgIpc) is 2.75. The van der Waals surface area contributed by atoms with E-state index in [0.29, 0.717) is 11.3 Å². The van der Waals surface area contributed by atoms with Gasteiger partial charge >= 0.3 is 11.9 Å². The molecule has 0 unspecified atom stereocenters. The van der Waals surface area contributed by atoms with Gasteiger partial charge in [-0.3, -0.25) is 9.00 Å². The summed E-state index contributed by atoms with van der Waals surface area (Å²) in [4.78, 5) is 39.1. The molecule has 0 fully saturated rings. The number of rotatable bonds is 5. The lowest BCUT2D eigenvalue weighted by atomic mass is 9.94. The van der Waals surface area contributed by atoms with Crippen molar-refractivity contribution in [2.75, 3.05) is 20.0 Å². The minimum Gasteiger partial charge on any atom is -0.467 e. The zero-order valence-corrected chi connectivity index (χ0v) is 16.9. The van der Waals surface area contributed by atoms with E-state index in [2.05, 4.69) is 0 Å². The minimum atomic E-state index is -1.38. The summed E-state index contributed by atoms with van der Waals surface area (Å²) in [7, 11) is -0.104. The van der Waals surface area contributed by atoms with Crippen molar-refractivity contribution in [3.8, 4) is 0 Å². The molecule has 2 aromatic rings. The smallest absolute Gasteiger partial charge is 0.339 e. The van der Waals surface area contributed by atoms with E-state index in [1.54, 1.807) is 18.2 Å².